The highest BCUT2D eigenvalue weighted by Crippen LogP contribution is 2.46. The highest BCUT2D eigenvalue weighted by atomic mass is 16.3. The molecule has 0 saturated heterocycles. The van der Waals surface area contributed by atoms with Crippen molar-refractivity contribution < 1.29 is 12.6 Å². The molecule has 0 fully saturated rings. The zero-order valence-corrected chi connectivity index (χ0v) is 20.8. The second-order valence-electron chi connectivity index (χ2n) is 9.58. The third-order valence-corrected chi connectivity index (χ3v) is 7.38. The number of hydrogen-bond acceptors (Lipinski definition) is 1. The minimum absolute atomic E-state index is 0.0210. The molecule has 1 heterocycles. The van der Waals surface area contributed by atoms with Gasteiger partial charge in [0.15, 0.2) is 0 Å². The van der Waals surface area contributed by atoms with Crippen molar-refractivity contribution in [1.29, 1.82) is 0 Å². The fraction of sp³-hybridized carbons (Fsp3) is 0. The van der Waals surface area contributed by atoms with Gasteiger partial charge in [0.1, 0.15) is 11.2 Å². The number of benzene rings is 7. The molecule has 8 rings (SSSR count). The van der Waals surface area contributed by atoms with Crippen molar-refractivity contribution in [2.75, 3.05) is 0 Å². The van der Waals surface area contributed by atoms with Crippen LogP contribution in [0.5, 0.6) is 0 Å². The van der Waals surface area contributed by atoms with E-state index in [0.29, 0.717) is 22.1 Å². The molecule has 0 N–H and O–H groups in total. The molecule has 0 saturated carbocycles. The average Bonchev–Trinajstić information content (AvgIpc) is 3.48. The summed E-state index contributed by atoms with van der Waals surface area (Å²) in [4.78, 5) is 0. The summed E-state index contributed by atoms with van der Waals surface area (Å²) in [5.74, 6) is 0. The molecule has 0 spiro atoms. The van der Waals surface area contributed by atoms with Gasteiger partial charge in [0.05, 0.1) is 8.22 Å². The number of hydrogen-bond donors (Lipinski definition) is 0. The van der Waals surface area contributed by atoms with E-state index >= 15 is 0 Å². The zero-order chi connectivity index (χ0) is 31.0. The summed E-state index contributed by atoms with van der Waals surface area (Å²) in [5.41, 5.74) is 4.50. The molecule has 0 unspecified atom stereocenters. The maximum atomic E-state index is 9.79. The number of furan rings is 1. The van der Waals surface area contributed by atoms with Gasteiger partial charge < -0.3 is 4.42 Å². The Hall–Kier alpha value is -5.14. The molecule has 0 aliphatic carbocycles. The summed E-state index contributed by atoms with van der Waals surface area (Å²) in [6.45, 7) is 0. The highest BCUT2D eigenvalue weighted by molar-refractivity contribution is 6.23. The SMILES string of the molecule is [2H]c1c([2H])c([2H])c2c(oc3c([2H])c(-c4c5ccccc5c(-c5ccccc5)c5ccccc45)c([2H])c(-c4ccccc4)c32)c1[2H]. The van der Waals surface area contributed by atoms with Gasteiger partial charge in [-0.05, 0) is 73.1 Å². The monoisotopic (exact) mass is 502 g/mol. The van der Waals surface area contributed by atoms with Crippen LogP contribution in [0.2, 0.25) is 0 Å². The topological polar surface area (TPSA) is 13.1 Å². The van der Waals surface area contributed by atoms with Crippen LogP contribution in [0.15, 0.2) is 150 Å². The molecule has 0 bridgehead atoms. The van der Waals surface area contributed by atoms with E-state index in [0.717, 1.165) is 38.2 Å². The van der Waals surface area contributed by atoms with E-state index in [-0.39, 0.29) is 46.8 Å². The van der Waals surface area contributed by atoms with Crippen LogP contribution < -0.4 is 0 Å². The van der Waals surface area contributed by atoms with E-state index in [2.05, 4.69) is 24.3 Å². The first-order chi connectivity index (χ1) is 21.9. The van der Waals surface area contributed by atoms with Crippen LogP contribution in [-0.4, -0.2) is 0 Å². The molecule has 0 radical (unpaired) electrons. The van der Waals surface area contributed by atoms with Gasteiger partial charge in [-0.3, -0.25) is 0 Å². The molecule has 8 aromatic rings. The third-order valence-electron chi connectivity index (χ3n) is 7.38. The van der Waals surface area contributed by atoms with E-state index < -0.39 is 6.04 Å². The second-order valence-corrected chi connectivity index (χ2v) is 9.58. The van der Waals surface area contributed by atoms with Gasteiger partial charge >= 0.3 is 0 Å². The Morgan fingerprint density at radius 1 is 0.436 bits per heavy atom. The van der Waals surface area contributed by atoms with Gasteiger partial charge in [-0.25, -0.2) is 0 Å². The quantitative estimate of drug-likeness (QED) is 0.219. The number of fused-ring (bicyclic) bond motifs is 5. The highest BCUT2D eigenvalue weighted by Gasteiger charge is 2.20. The lowest BCUT2D eigenvalue weighted by molar-refractivity contribution is 0.669. The van der Waals surface area contributed by atoms with Crippen LogP contribution in [0.1, 0.15) is 8.22 Å². The lowest BCUT2D eigenvalue weighted by atomic mass is 9.85. The Bertz CT molecular complexity index is 2430. The van der Waals surface area contributed by atoms with Crippen molar-refractivity contribution in [3.8, 4) is 33.4 Å². The first-order valence-corrected chi connectivity index (χ1v) is 12.9. The fourth-order valence-corrected chi connectivity index (χ4v) is 5.74. The maximum absolute atomic E-state index is 9.79. The molecular weight excluding hydrogens is 472 g/mol. The Kier molecular flexibility index (Phi) is 3.72. The fourth-order valence-electron chi connectivity index (χ4n) is 5.74. The van der Waals surface area contributed by atoms with Crippen LogP contribution in [-0.2, 0) is 0 Å². The predicted molar refractivity (Wildman–Crippen MR) is 165 cm³/mol. The predicted octanol–water partition coefficient (Wildman–Crippen LogP) is 10.9. The first kappa shape index (κ1) is 16.7. The van der Waals surface area contributed by atoms with Crippen molar-refractivity contribution in [3.05, 3.63) is 145 Å². The molecule has 0 aliphatic heterocycles. The molecular formula is C38H24O. The minimum Gasteiger partial charge on any atom is -0.456 e. The number of para-hydroxylation sites is 1. The van der Waals surface area contributed by atoms with Crippen LogP contribution in [0, 0.1) is 0 Å². The zero-order valence-electron chi connectivity index (χ0n) is 26.8. The van der Waals surface area contributed by atoms with E-state index in [4.69, 9.17) is 9.90 Å². The largest absolute Gasteiger partial charge is 0.456 e. The van der Waals surface area contributed by atoms with Crippen LogP contribution >= 0.6 is 0 Å². The standard InChI is InChI=1S/C38H24O/c1-3-13-25(14-4-1)33-23-27(24-35-38(33)32-21-11-12-22-34(32)39-35)37-30-19-9-7-17-28(30)36(26-15-5-2-6-16-26)29-18-8-10-20-31(29)37/h1-24H/i11D,12D,21D,22D,23D,24D. The van der Waals surface area contributed by atoms with Crippen molar-refractivity contribution in [3.63, 3.8) is 0 Å². The molecule has 0 amide bonds. The third kappa shape index (κ3) is 3.41. The van der Waals surface area contributed by atoms with E-state index in [1.54, 1.807) is 0 Å². The Balaban J connectivity index is 1.62. The second kappa shape index (κ2) is 8.72. The maximum Gasteiger partial charge on any atom is 0.136 e. The normalized spacial score (nSPS) is 13.7. The summed E-state index contributed by atoms with van der Waals surface area (Å²) in [6, 6.07) is 34.4. The summed E-state index contributed by atoms with van der Waals surface area (Å²) >= 11 is 0. The van der Waals surface area contributed by atoms with Crippen molar-refractivity contribution in [1.82, 2.24) is 0 Å². The minimum atomic E-state index is -0.404. The summed E-state index contributed by atoms with van der Waals surface area (Å²) in [6.07, 6.45) is 0. The van der Waals surface area contributed by atoms with E-state index in [1.807, 2.05) is 84.9 Å². The molecule has 182 valence electrons. The van der Waals surface area contributed by atoms with Gasteiger partial charge in [-0.1, -0.05) is 127 Å². The molecule has 1 nitrogen and oxygen atoms in total. The Labute approximate surface area is 235 Å². The number of rotatable bonds is 3. The molecule has 39 heavy (non-hydrogen) atoms. The summed E-state index contributed by atoms with van der Waals surface area (Å²) < 4.78 is 59.7. The smallest absolute Gasteiger partial charge is 0.136 e. The van der Waals surface area contributed by atoms with Crippen LogP contribution in [0.3, 0.4) is 0 Å². The van der Waals surface area contributed by atoms with Crippen molar-refractivity contribution >= 4 is 43.5 Å². The van der Waals surface area contributed by atoms with Crippen molar-refractivity contribution in [2.45, 2.75) is 0 Å². The molecule has 1 aromatic heterocycles. The Morgan fingerprint density at radius 2 is 0.949 bits per heavy atom. The van der Waals surface area contributed by atoms with Gasteiger partial charge in [0, 0.05) is 10.8 Å². The van der Waals surface area contributed by atoms with Crippen molar-refractivity contribution in [2.24, 2.45) is 0 Å². The lowest BCUT2D eigenvalue weighted by Crippen LogP contribution is -1.91. The van der Waals surface area contributed by atoms with E-state index in [1.165, 1.54) is 0 Å². The lowest BCUT2D eigenvalue weighted by Gasteiger charge is -2.18. The van der Waals surface area contributed by atoms with Gasteiger partial charge in [-0.2, -0.15) is 0 Å². The summed E-state index contributed by atoms with van der Waals surface area (Å²) in [5, 5.41) is 4.27. The first-order valence-electron chi connectivity index (χ1n) is 15.9. The molecule has 1 heteroatoms. The Morgan fingerprint density at radius 3 is 1.56 bits per heavy atom. The molecule has 0 aliphatic rings. The van der Waals surface area contributed by atoms with E-state index in [9.17, 15) is 2.74 Å². The van der Waals surface area contributed by atoms with Crippen LogP contribution in [0.25, 0.3) is 76.9 Å². The average molecular weight is 503 g/mol. The van der Waals surface area contributed by atoms with Gasteiger partial charge in [0.2, 0.25) is 0 Å². The molecule has 0 atom stereocenters. The van der Waals surface area contributed by atoms with Gasteiger partial charge in [0.25, 0.3) is 0 Å². The molecule has 7 aromatic carbocycles. The summed E-state index contributed by atoms with van der Waals surface area (Å²) in [7, 11) is 0. The van der Waals surface area contributed by atoms with Crippen LogP contribution in [0.4, 0.5) is 0 Å². The van der Waals surface area contributed by atoms with Gasteiger partial charge in [-0.15, -0.1) is 0 Å².